The van der Waals surface area contributed by atoms with Gasteiger partial charge >= 0.3 is 0 Å². The fraction of sp³-hybridized carbons (Fsp3) is 0.455. The van der Waals surface area contributed by atoms with Crippen LogP contribution in [0.2, 0.25) is 10.0 Å². The second kappa shape index (κ2) is 5.11. The Hall–Kier alpha value is 0.01000. The van der Waals surface area contributed by atoms with Crippen molar-refractivity contribution in [2.45, 2.75) is 25.0 Å². The quantitative estimate of drug-likeness (QED) is 0.830. The van der Waals surface area contributed by atoms with Crippen molar-refractivity contribution in [3.63, 3.8) is 0 Å². The van der Waals surface area contributed by atoms with E-state index in [0.717, 1.165) is 12.1 Å². The number of hydrogen-bond acceptors (Lipinski definition) is 2. The zero-order chi connectivity index (χ0) is 11.1. The lowest BCUT2D eigenvalue weighted by Crippen LogP contribution is -2.37. The van der Waals surface area contributed by atoms with Gasteiger partial charge in [-0.1, -0.05) is 29.3 Å². The number of aliphatic hydroxyl groups is 1. The predicted molar refractivity (Wildman–Crippen MR) is 69.7 cm³/mol. The van der Waals surface area contributed by atoms with E-state index >= 15 is 0 Å². The SMILES string of the molecule is CC1NCCC1(O)c1ccc(Cl)c(Cl)c1.Cl. The van der Waals surface area contributed by atoms with Crippen LogP contribution in [0.15, 0.2) is 18.2 Å². The Morgan fingerprint density at radius 1 is 1.38 bits per heavy atom. The molecule has 2 nitrogen and oxygen atoms in total. The van der Waals surface area contributed by atoms with Crippen molar-refractivity contribution in [2.24, 2.45) is 0 Å². The zero-order valence-corrected chi connectivity index (χ0v) is 11.2. The molecule has 16 heavy (non-hydrogen) atoms. The molecule has 1 heterocycles. The fourth-order valence-corrected chi connectivity index (χ4v) is 2.32. The maximum Gasteiger partial charge on any atom is 0.106 e. The van der Waals surface area contributed by atoms with Crippen LogP contribution >= 0.6 is 35.6 Å². The van der Waals surface area contributed by atoms with Gasteiger partial charge in [0.2, 0.25) is 0 Å². The van der Waals surface area contributed by atoms with E-state index in [9.17, 15) is 5.11 Å². The Kier molecular flexibility index (Phi) is 4.49. The van der Waals surface area contributed by atoms with Crippen LogP contribution in [0.1, 0.15) is 18.9 Å². The van der Waals surface area contributed by atoms with E-state index in [2.05, 4.69) is 5.32 Å². The molecule has 2 rings (SSSR count). The third kappa shape index (κ3) is 2.31. The molecule has 0 aliphatic carbocycles. The minimum Gasteiger partial charge on any atom is -0.383 e. The number of hydrogen-bond donors (Lipinski definition) is 2. The summed E-state index contributed by atoms with van der Waals surface area (Å²) in [6.07, 6.45) is 0.701. The van der Waals surface area contributed by atoms with Crippen molar-refractivity contribution in [1.82, 2.24) is 5.32 Å². The highest BCUT2D eigenvalue weighted by molar-refractivity contribution is 6.42. The van der Waals surface area contributed by atoms with Crippen LogP contribution in [0.25, 0.3) is 0 Å². The molecular weight excluding hydrogens is 268 g/mol. The van der Waals surface area contributed by atoms with Gasteiger partial charge in [-0.2, -0.15) is 0 Å². The van der Waals surface area contributed by atoms with Gasteiger partial charge in [-0.05, 0) is 37.6 Å². The van der Waals surface area contributed by atoms with Crippen LogP contribution in [-0.4, -0.2) is 17.7 Å². The Morgan fingerprint density at radius 2 is 2.06 bits per heavy atom. The van der Waals surface area contributed by atoms with Gasteiger partial charge in [0.1, 0.15) is 5.60 Å². The van der Waals surface area contributed by atoms with Crippen LogP contribution in [0.3, 0.4) is 0 Å². The van der Waals surface area contributed by atoms with Gasteiger partial charge in [-0.3, -0.25) is 0 Å². The van der Waals surface area contributed by atoms with Crippen molar-refractivity contribution in [3.05, 3.63) is 33.8 Å². The smallest absolute Gasteiger partial charge is 0.106 e. The summed E-state index contributed by atoms with van der Waals surface area (Å²) in [5.74, 6) is 0. The van der Waals surface area contributed by atoms with E-state index in [4.69, 9.17) is 23.2 Å². The highest BCUT2D eigenvalue weighted by Gasteiger charge is 2.39. The second-order valence-electron chi connectivity index (χ2n) is 3.98. The molecule has 0 aromatic heterocycles. The van der Waals surface area contributed by atoms with Crippen molar-refractivity contribution < 1.29 is 5.11 Å². The molecule has 0 saturated carbocycles. The molecule has 0 bridgehead atoms. The summed E-state index contributed by atoms with van der Waals surface area (Å²) in [6.45, 7) is 2.79. The Bertz CT molecular complexity index is 385. The van der Waals surface area contributed by atoms with Crippen molar-refractivity contribution in [2.75, 3.05) is 6.54 Å². The second-order valence-corrected chi connectivity index (χ2v) is 4.79. The van der Waals surface area contributed by atoms with Gasteiger partial charge < -0.3 is 10.4 Å². The molecule has 5 heteroatoms. The van der Waals surface area contributed by atoms with Crippen LogP contribution in [-0.2, 0) is 5.60 Å². The molecule has 0 radical (unpaired) electrons. The third-order valence-corrected chi connectivity index (χ3v) is 3.83. The third-order valence-electron chi connectivity index (χ3n) is 3.09. The first-order chi connectivity index (χ1) is 7.04. The molecular formula is C11H14Cl3NO. The summed E-state index contributed by atoms with van der Waals surface area (Å²) >= 11 is 11.8. The van der Waals surface area contributed by atoms with Crippen molar-refractivity contribution in [1.29, 1.82) is 0 Å². The Morgan fingerprint density at radius 3 is 2.56 bits per heavy atom. The fourth-order valence-electron chi connectivity index (χ4n) is 2.02. The van der Waals surface area contributed by atoms with Crippen LogP contribution in [0.5, 0.6) is 0 Å². The minimum absolute atomic E-state index is 0. The molecule has 1 aliphatic heterocycles. The van der Waals surface area contributed by atoms with Gasteiger partial charge in [0, 0.05) is 6.04 Å². The molecule has 2 atom stereocenters. The lowest BCUT2D eigenvalue weighted by molar-refractivity contribution is 0.0293. The highest BCUT2D eigenvalue weighted by Crippen LogP contribution is 2.35. The van der Waals surface area contributed by atoms with Crippen LogP contribution in [0, 0.1) is 0 Å². The maximum absolute atomic E-state index is 10.5. The monoisotopic (exact) mass is 281 g/mol. The Labute approximate surface area is 111 Å². The summed E-state index contributed by atoms with van der Waals surface area (Å²) in [5.41, 5.74) is 0.00298. The maximum atomic E-state index is 10.5. The van der Waals surface area contributed by atoms with Crippen LogP contribution in [0.4, 0.5) is 0 Å². The normalized spacial score (nSPS) is 28.9. The molecule has 90 valence electrons. The summed E-state index contributed by atoms with van der Waals surface area (Å²) in [7, 11) is 0. The van der Waals surface area contributed by atoms with Crippen molar-refractivity contribution in [3.8, 4) is 0 Å². The molecule has 0 amide bonds. The number of benzene rings is 1. The molecule has 1 fully saturated rings. The predicted octanol–water partition coefficient (Wildman–Crippen LogP) is 2.98. The molecule has 1 saturated heterocycles. The van der Waals surface area contributed by atoms with E-state index in [0.29, 0.717) is 16.5 Å². The average Bonchev–Trinajstić information content (AvgIpc) is 2.53. The summed E-state index contributed by atoms with van der Waals surface area (Å²) < 4.78 is 0. The molecule has 2 unspecified atom stereocenters. The van der Waals surface area contributed by atoms with Gasteiger partial charge in [-0.15, -0.1) is 12.4 Å². The van der Waals surface area contributed by atoms with Gasteiger partial charge in [0.25, 0.3) is 0 Å². The first-order valence-corrected chi connectivity index (χ1v) is 5.71. The van der Waals surface area contributed by atoms with Gasteiger partial charge in [0.05, 0.1) is 10.0 Å². The largest absolute Gasteiger partial charge is 0.383 e. The summed E-state index contributed by atoms with van der Waals surface area (Å²) in [5, 5.41) is 14.7. The first kappa shape index (κ1) is 14.1. The number of rotatable bonds is 1. The minimum atomic E-state index is -0.825. The van der Waals surface area contributed by atoms with Crippen LogP contribution < -0.4 is 5.32 Å². The lowest BCUT2D eigenvalue weighted by atomic mass is 9.87. The number of nitrogens with one attached hydrogen (secondary N) is 1. The Balaban J connectivity index is 0.00000128. The van der Waals surface area contributed by atoms with Crippen molar-refractivity contribution >= 4 is 35.6 Å². The van der Waals surface area contributed by atoms with E-state index in [1.165, 1.54) is 0 Å². The van der Waals surface area contributed by atoms with E-state index in [1.807, 2.05) is 13.0 Å². The van der Waals surface area contributed by atoms with E-state index in [-0.39, 0.29) is 18.4 Å². The first-order valence-electron chi connectivity index (χ1n) is 4.95. The van der Waals surface area contributed by atoms with Gasteiger partial charge in [0.15, 0.2) is 0 Å². The molecule has 0 spiro atoms. The molecule has 1 aromatic rings. The summed E-state index contributed by atoms with van der Waals surface area (Å²) in [6, 6.07) is 5.34. The molecule has 2 N–H and O–H groups in total. The van der Waals surface area contributed by atoms with E-state index in [1.54, 1.807) is 12.1 Å². The van der Waals surface area contributed by atoms with E-state index < -0.39 is 5.60 Å². The molecule has 1 aromatic carbocycles. The topological polar surface area (TPSA) is 32.3 Å². The van der Waals surface area contributed by atoms with Gasteiger partial charge in [-0.25, -0.2) is 0 Å². The zero-order valence-electron chi connectivity index (χ0n) is 8.84. The summed E-state index contributed by atoms with van der Waals surface area (Å²) in [4.78, 5) is 0. The highest BCUT2D eigenvalue weighted by atomic mass is 35.5. The molecule has 1 aliphatic rings. The average molecular weight is 283 g/mol. The lowest BCUT2D eigenvalue weighted by Gasteiger charge is -2.27. The number of halogens is 3. The standard InChI is InChI=1S/C11H13Cl2NO.ClH/c1-7-11(15,4-5-14-7)8-2-3-9(12)10(13)6-8;/h2-3,6-7,14-15H,4-5H2,1H3;1H.